The number of carboxylic acid groups (broad SMARTS) is 1. The van der Waals surface area contributed by atoms with Crippen molar-refractivity contribution in [2.24, 2.45) is 0 Å². The largest absolute Gasteiger partial charge is 0.475 e. The summed E-state index contributed by atoms with van der Waals surface area (Å²) in [5.74, 6) is -1.73. The molecule has 0 unspecified atom stereocenters. The number of sulfonamides is 1. The SMILES string of the molecule is CCc1ccc(CNS(=O)(=O)c2ccc(C(=O)O)o2)cc1. The van der Waals surface area contributed by atoms with Crippen LogP contribution in [0.4, 0.5) is 0 Å². The van der Waals surface area contributed by atoms with E-state index in [4.69, 9.17) is 9.52 Å². The van der Waals surface area contributed by atoms with E-state index in [0.717, 1.165) is 24.1 Å². The van der Waals surface area contributed by atoms with Crippen molar-refractivity contribution in [1.29, 1.82) is 0 Å². The summed E-state index contributed by atoms with van der Waals surface area (Å²) in [6, 6.07) is 9.76. The molecule has 0 atom stereocenters. The maximum absolute atomic E-state index is 12.0. The van der Waals surface area contributed by atoms with Gasteiger partial charge in [-0.2, -0.15) is 0 Å². The Labute approximate surface area is 122 Å². The Balaban J connectivity index is 2.07. The molecule has 0 saturated carbocycles. The zero-order chi connectivity index (χ0) is 15.5. The van der Waals surface area contributed by atoms with Gasteiger partial charge in [0.2, 0.25) is 10.9 Å². The lowest BCUT2D eigenvalue weighted by atomic mass is 10.1. The van der Waals surface area contributed by atoms with Gasteiger partial charge in [-0.1, -0.05) is 31.2 Å². The molecule has 1 aromatic carbocycles. The highest BCUT2D eigenvalue weighted by atomic mass is 32.2. The van der Waals surface area contributed by atoms with Crippen molar-refractivity contribution in [3.63, 3.8) is 0 Å². The predicted octanol–water partition coefficient (Wildman–Crippen LogP) is 2.02. The average molecular weight is 309 g/mol. The number of rotatable bonds is 6. The van der Waals surface area contributed by atoms with Crippen LogP contribution in [-0.2, 0) is 23.0 Å². The summed E-state index contributed by atoms with van der Waals surface area (Å²) in [6.07, 6.45) is 0.913. The standard InChI is InChI=1S/C14H15NO5S/c1-2-10-3-5-11(6-4-10)9-15-21(18,19)13-8-7-12(20-13)14(16)17/h3-8,15H,2,9H2,1H3,(H,16,17). The number of nitrogens with one attached hydrogen (secondary N) is 1. The van der Waals surface area contributed by atoms with Crippen LogP contribution in [0.15, 0.2) is 45.9 Å². The molecule has 0 saturated heterocycles. The van der Waals surface area contributed by atoms with Gasteiger partial charge in [-0.3, -0.25) is 0 Å². The van der Waals surface area contributed by atoms with Crippen LogP contribution in [0.25, 0.3) is 0 Å². The first-order valence-corrected chi connectivity index (χ1v) is 7.81. The van der Waals surface area contributed by atoms with Gasteiger partial charge in [0.1, 0.15) is 0 Å². The molecule has 2 aromatic rings. The van der Waals surface area contributed by atoms with Crippen LogP contribution in [-0.4, -0.2) is 19.5 Å². The van der Waals surface area contributed by atoms with Crippen molar-refractivity contribution in [3.05, 3.63) is 53.3 Å². The summed E-state index contributed by atoms with van der Waals surface area (Å²) < 4.78 is 31.1. The summed E-state index contributed by atoms with van der Waals surface area (Å²) in [5, 5.41) is 8.30. The van der Waals surface area contributed by atoms with Crippen LogP contribution in [0.1, 0.15) is 28.6 Å². The van der Waals surface area contributed by atoms with E-state index in [1.54, 1.807) is 0 Å². The van der Waals surface area contributed by atoms with Gasteiger partial charge in [-0.05, 0) is 29.7 Å². The van der Waals surface area contributed by atoms with Crippen molar-refractivity contribution in [2.75, 3.05) is 0 Å². The smallest absolute Gasteiger partial charge is 0.371 e. The Bertz CT molecular complexity index is 731. The molecule has 0 aliphatic carbocycles. The highest BCUT2D eigenvalue weighted by Crippen LogP contribution is 2.14. The van der Waals surface area contributed by atoms with Gasteiger partial charge >= 0.3 is 5.97 Å². The minimum Gasteiger partial charge on any atom is -0.475 e. The summed E-state index contributed by atoms with van der Waals surface area (Å²) in [7, 11) is -3.87. The van der Waals surface area contributed by atoms with Gasteiger partial charge in [0, 0.05) is 6.54 Å². The summed E-state index contributed by atoms with van der Waals surface area (Å²) >= 11 is 0. The fourth-order valence-electron chi connectivity index (χ4n) is 1.72. The van der Waals surface area contributed by atoms with Gasteiger partial charge in [0.15, 0.2) is 0 Å². The van der Waals surface area contributed by atoms with E-state index in [1.165, 1.54) is 5.56 Å². The third kappa shape index (κ3) is 3.71. The first kappa shape index (κ1) is 15.3. The normalized spacial score (nSPS) is 11.5. The van der Waals surface area contributed by atoms with Crippen molar-refractivity contribution < 1.29 is 22.7 Å². The molecule has 0 bridgehead atoms. The number of benzene rings is 1. The fraction of sp³-hybridized carbons (Fsp3) is 0.214. The Morgan fingerprint density at radius 1 is 1.14 bits per heavy atom. The second-order valence-electron chi connectivity index (χ2n) is 4.42. The van der Waals surface area contributed by atoms with E-state index in [-0.39, 0.29) is 6.54 Å². The second kappa shape index (κ2) is 6.11. The van der Waals surface area contributed by atoms with E-state index in [9.17, 15) is 13.2 Å². The van der Waals surface area contributed by atoms with Gasteiger partial charge < -0.3 is 9.52 Å². The molecule has 0 spiro atoms. The maximum atomic E-state index is 12.0. The monoisotopic (exact) mass is 309 g/mol. The first-order valence-electron chi connectivity index (χ1n) is 6.33. The fourth-order valence-corrected chi connectivity index (χ4v) is 2.67. The molecule has 0 aliphatic rings. The summed E-state index contributed by atoms with van der Waals surface area (Å²) in [4.78, 5) is 10.7. The summed E-state index contributed by atoms with van der Waals surface area (Å²) in [6.45, 7) is 2.14. The average Bonchev–Trinajstić information content (AvgIpc) is 2.97. The Hall–Kier alpha value is -2.12. The van der Waals surface area contributed by atoms with Crippen molar-refractivity contribution in [1.82, 2.24) is 4.72 Å². The number of hydrogen-bond acceptors (Lipinski definition) is 4. The Kier molecular flexibility index (Phi) is 4.44. The molecule has 0 radical (unpaired) electrons. The van der Waals surface area contributed by atoms with Gasteiger partial charge in [-0.25, -0.2) is 17.9 Å². The minimum atomic E-state index is -3.87. The molecule has 6 nitrogen and oxygen atoms in total. The number of hydrogen-bond donors (Lipinski definition) is 2. The van der Waals surface area contributed by atoms with E-state index < -0.39 is 26.8 Å². The van der Waals surface area contributed by atoms with Crippen LogP contribution < -0.4 is 4.72 Å². The van der Waals surface area contributed by atoms with E-state index in [2.05, 4.69) is 4.72 Å². The minimum absolute atomic E-state index is 0.107. The number of furan rings is 1. The number of carbonyl (C=O) groups is 1. The lowest BCUT2D eigenvalue weighted by Crippen LogP contribution is -2.22. The van der Waals surface area contributed by atoms with Gasteiger partial charge in [0.05, 0.1) is 0 Å². The van der Waals surface area contributed by atoms with Gasteiger partial charge in [-0.15, -0.1) is 0 Å². The lowest BCUT2D eigenvalue weighted by Gasteiger charge is -2.05. The van der Waals surface area contributed by atoms with Crippen LogP contribution >= 0.6 is 0 Å². The zero-order valence-corrected chi connectivity index (χ0v) is 12.2. The van der Waals surface area contributed by atoms with E-state index in [0.29, 0.717) is 0 Å². The number of aryl methyl sites for hydroxylation is 1. The van der Waals surface area contributed by atoms with Crippen molar-refractivity contribution in [2.45, 2.75) is 25.0 Å². The number of aromatic carboxylic acids is 1. The zero-order valence-electron chi connectivity index (χ0n) is 11.4. The van der Waals surface area contributed by atoms with Crippen LogP contribution in [0.2, 0.25) is 0 Å². The third-order valence-corrected chi connectivity index (χ3v) is 4.23. The molecule has 2 N–H and O–H groups in total. The summed E-state index contributed by atoms with van der Waals surface area (Å²) in [5.41, 5.74) is 1.97. The molecule has 0 fully saturated rings. The molecule has 0 aliphatic heterocycles. The Morgan fingerprint density at radius 2 is 1.76 bits per heavy atom. The number of carboxylic acids is 1. The van der Waals surface area contributed by atoms with Gasteiger partial charge in [0.25, 0.3) is 10.0 Å². The first-order chi connectivity index (χ1) is 9.92. The molecule has 0 amide bonds. The molecule has 1 aromatic heterocycles. The van der Waals surface area contributed by atoms with Crippen LogP contribution in [0, 0.1) is 0 Å². The Morgan fingerprint density at radius 3 is 2.29 bits per heavy atom. The predicted molar refractivity (Wildman–Crippen MR) is 75.5 cm³/mol. The second-order valence-corrected chi connectivity index (χ2v) is 6.12. The maximum Gasteiger partial charge on any atom is 0.371 e. The molecular formula is C14H15NO5S. The van der Waals surface area contributed by atoms with Crippen LogP contribution in [0.5, 0.6) is 0 Å². The molecule has 1 heterocycles. The topological polar surface area (TPSA) is 96.6 Å². The lowest BCUT2D eigenvalue weighted by molar-refractivity contribution is 0.0656. The quantitative estimate of drug-likeness (QED) is 0.851. The van der Waals surface area contributed by atoms with E-state index >= 15 is 0 Å². The molecule has 112 valence electrons. The highest BCUT2D eigenvalue weighted by molar-refractivity contribution is 7.89. The molecule has 2 rings (SSSR count). The van der Waals surface area contributed by atoms with Crippen LogP contribution in [0.3, 0.4) is 0 Å². The third-order valence-electron chi connectivity index (χ3n) is 2.95. The van der Waals surface area contributed by atoms with Crippen molar-refractivity contribution >= 4 is 16.0 Å². The molecular weight excluding hydrogens is 294 g/mol. The highest BCUT2D eigenvalue weighted by Gasteiger charge is 2.20. The molecule has 21 heavy (non-hydrogen) atoms. The van der Waals surface area contributed by atoms with E-state index in [1.807, 2.05) is 31.2 Å². The van der Waals surface area contributed by atoms with Crippen molar-refractivity contribution in [3.8, 4) is 0 Å². The molecule has 7 heteroatoms.